The number of hydrogen-bond donors (Lipinski definition) is 2. The van der Waals surface area contributed by atoms with E-state index in [1.165, 1.54) is 25.7 Å². The van der Waals surface area contributed by atoms with Crippen molar-refractivity contribution in [2.75, 3.05) is 12.8 Å². The van der Waals surface area contributed by atoms with Crippen LogP contribution in [0.5, 0.6) is 0 Å². The van der Waals surface area contributed by atoms with Gasteiger partial charge in [-0.2, -0.15) is 11.8 Å². The molecule has 2 nitrogen and oxygen atoms in total. The lowest BCUT2D eigenvalue weighted by molar-refractivity contribution is 0.0778. The van der Waals surface area contributed by atoms with Gasteiger partial charge in [-0.05, 0) is 31.4 Å². The van der Waals surface area contributed by atoms with Gasteiger partial charge in [0.1, 0.15) is 0 Å². The number of aliphatic hydroxyl groups is 1. The van der Waals surface area contributed by atoms with E-state index >= 15 is 0 Å². The molecule has 0 radical (unpaired) electrons. The summed E-state index contributed by atoms with van der Waals surface area (Å²) in [5.41, 5.74) is 0. The van der Waals surface area contributed by atoms with E-state index in [0.29, 0.717) is 12.0 Å². The average Bonchev–Trinajstić information content (AvgIpc) is 2.88. The Kier molecular flexibility index (Phi) is 3.74. The molecule has 1 saturated heterocycles. The van der Waals surface area contributed by atoms with Gasteiger partial charge in [-0.3, -0.25) is 0 Å². The Balaban J connectivity index is 1.83. The Morgan fingerprint density at radius 3 is 2.64 bits per heavy atom. The number of hydrogen-bond acceptors (Lipinski definition) is 3. The molecule has 2 N–H and O–H groups in total. The minimum atomic E-state index is -0.0883. The summed E-state index contributed by atoms with van der Waals surface area (Å²) < 4.78 is 0. The topological polar surface area (TPSA) is 32.3 Å². The second-order valence-electron chi connectivity index (χ2n) is 4.64. The van der Waals surface area contributed by atoms with E-state index in [0.717, 1.165) is 18.2 Å². The van der Waals surface area contributed by atoms with Crippen molar-refractivity contribution in [2.45, 2.75) is 49.5 Å². The minimum absolute atomic E-state index is 0.0883. The zero-order valence-electron chi connectivity index (χ0n) is 8.91. The Morgan fingerprint density at radius 1 is 1.36 bits per heavy atom. The third kappa shape index (κ3) is 2.26. The van der Waals surface area contributed by atoms with Crippen molar-refractivity contribution in [3.05, 3.63) is 0 Å². The van der Waals surface area contributed by atoms with Crippen LogP contribution in [-0.4, -0.2) is 35.3 Å². The van der Waals surface area contributed by atoms with Gasteiger partial charge in [0.2, 0.25) is 0 Å². The molecular weight excluding hydrogens is 194 g/mol. The van der Waals surface area contributed by atoms with Crippen LogP contribution in [0.1, 0.15) is 32.1 Å². The van der Waals surface area contributed by atoms with Gasteiger partial charge in [-0.1, -0.05) is 12.8 Å². The molecule has 0 aromatic carbocycles. The fourth-order valence-electron chi connectivity index (χ4n) is 2.80. The highest BCUT2D eigenvalue weighted by Crippen LogP contribution is 2.32. The van der Waals surface area contributed by atoms with Crippen molar-refractivity contribution in [3.8, 4) is 0 Å². The molecule has 2 aliphatic rings. The van der Waals surface area contributed by atoms with E-state index in [1.54, 1.807) is 0 Å². The SMILES string of the molecule is CSC1CNC(C(O)C2CCCC2)C1. The maximum atomic E-state index is 10.2. The van der Waals surface area contributed by atoms with Crippen LogP contribution >= 0.6 is 11.8 Å². The summed E-state index contributed by atoms with van der Waals surface area (Å²) in [5.74, 6) is 0.577. The fraction of sp³-hybridized carbons (Fsp3) is 1.00. The van der Waals surface area contributed by atoms with Crippen molar-refractivity contribution < 1.29 is 5.11 Å². The summed E-state index contributed by atoms with van der Waals surface area (Å²) in [7, 11) is 0. The molecule has 1 saturated carbocycles. The molecule has 2 fully saturated rings. The van der Waals surface area contributed by atoms with E-state index in [4.69, 9.17) is 0 Å². The zero-order valence-corrected chi connectivity index (χ0v) is 9.72. The number of aliphatic hydroxyl groups excluding tert-OH is 1. The fourth-order valence-corrected chi connectivity index (χ4v) is 3.46. The highest BCUT2D eigenvalue weighted by molar-refractivity contribution is 7.99. The van der Waals surface area contributed by atoms with Gasteiger partial charge in [0, 0.05) is 17.8 Å². The second kappa shape index (κ2) is 4.86. The van der Waals surface area contributed by atoms with Gasteiger partial charge >= 0.3 is 0 Å². The molecule has 0 spiro atoms. The summed E-state index contributed by atoms with van der Waals surface area (Å²) in [6, 6.07) is 0.371. The quantitative estimate of drug-likeness (QED) is 0.750. The van der Waals surface area contributed by atoms with Crippen LogP contribution < -0.4 is 5.32 Å². The highest BCUT2D eigenvalue weighted by atomic mass is 32.2. The van der Waals surface area contributed by atoms with Crippen molar-refractivity contribution in [2.24, 2.45) is 5.92 Å². The van der Waals surface area contributed by atoms with Crippen LogP contribution in [0, 0.1) is 5.92 Å². The largest absolute Gasteiger partial charge is 0.391 e. The Morgan fingerprint density at radius 2 is 2.07 bits per heavy atom. The molecular formula is C11H21NOS. The molecule has 14 heavy (non-hydrogen) atoms. The molecule has 0 aromatic heterocycles. The molecule has 3 heteroatoms. The van der Waals surface area contributed by atoms with E-state index in [1.807, 2.05) is 11.8 Å². The molecule has 0 amide bonds. The average molecular weight is 215 g/mol. The first-order chi connectivity index (χ1) is 6.81. The van der Waals surface area contributed by atoms with E-state index in [-0.39, 0.29) is 6.10 Å². The Bertz CT molecular complexity index is 182. The van der Waals surface area contributed by atoms with Crippen molar-refractivity contribution in [3.63, 3.8) is 0 Å². The van der Waals surface area contributed by atoms with Crippen molar-refractivity contribution >= 4 is 11.8 Å². The Labute approximate surface area is 90.8 Å². The monoisotopic (exact) mass is 215 g/mol. The van der Waals surface area contributed by atoms with Gasteiger partial charge in [-0.15, -0.1) is 0 Å². The van der Waals surface area contributed by atoms with Crippen LogP contribution in [0.15, 0.2) is 0 Å². The molecule has 3 unspecified atom stereocenters. The number of nitrogens with one attached hydrogen (secondary N) is 1. The Hall–Kier alpha value is 0.270. The third-order valence-electron chi connectivity index (χ3n) is 3.75. The van der Waals surface area contributed by atoms with Crippen molar-refractivity contribution in [1.82, 2.24) is 5.32 Å². The van der Waals surface area contributed by atoms with Gasteiger partial charge < -0.3 is 10.4 Å². The summed E-state index contributed by atoms with van der Waals surface area (Å²) in [4.78, 5) is 0. The predicted molar refractivity (Wildman–Crippen MR) is 61.7 cm³/mol. The molecule has 82 valence electrons. The lowest BCUT2D eigenvalue weighted by Gasteiger charge is -2.24. The third-order valence-corrected chi connectivity index (χ3v) is 4.78. The molecule has 1 aliphatic carbocycles. The van der Waals surface area contributed by atoms with E-state index in [9.17, 15) is 5.11 Å². The van der Waals surface area contributed by atoms with Crippen LogP contribution in [0.25, 0.3) is 0 Å². The molecule has 2 rings (SSSR count). The van der Waals surface area contributed by atoms with E-state index in [2.05, 4.69) is 11.6 Å². The zero-order chi connectivity index (χ0) is 9.97. The smallest absolute Gasteiger partial charge is 0.0721 e. The molecule has 0 aromatic rings. The normalized spacial score (nSPS) is 36.4. The van der Waals surface area contributed by atoms with Crippen LogP contribution in [-0.2, 0) is 0 Å². The van der Waals surface area contributed by atoms with E-state index < -0.39 is 0 Å². The first-order valence-corrected chi connectivity index (χ1v) is 7.04. The summed E-state index contributed by atoms with van der Waals surface area (Å²) in [5, 5.41) is 14.4. The number of rotatable bonds is 3. The predicted octanol–water partition coefficient (Wildman–Crippen LogP) is 1.63. The van der Waals surface area contributed by atoms with Crippen LogP contribution in [0.3, 0.4) is 0 Å². The second-order valence-corrected chi connectivity index (χ2v) is 5.78. The first-order valence-electron chi connectivity index (χ1n) is 5.75. The maximum Gasteiger partial charge on any atom is 0.0721 e. The van der Waals surface area contributed by atoms with Gasteiger partial charge in [0.25, 0.3) is 0 Å². The van der Waals surface area contributed by atoms with Gasteiger partial charge in [0.05, 0.1) is 6.10 Å². The minimum Gasteiger partial charge on any atom is -0.391 e. The van der Waals surface area contributed by atoms with Gasteiger partial charge in [0.15, 0.2) is 0 Å². The van der Waals surface area contributed by atoms with Crippen LogP contribution in [0.2, 0.25) is 0 Å². The van der Waals surface area contributed by atoms with Crippen molar-refractivity contribution in [1.29, 1.82) is 0 Å². The highest BCUT2D eigenvalue weighted by Gasteiger charge is 2.34. The summed E-state index contributed by atoms with van der Waals surface area (Å²) in [6.07, 6.45) is 8.35. The molecule has 1 aliphatic heterocycles. The summed E-state index contributed by atoms with van der Waals surface area (Å²) in [6.45, 7) is 1.08. The van der Waals surface area contributed by atoms with Gasteiger partial charge in [-0.25, -0.2) is 0 Å². The first kappa shape index (κ1) is 10.8. The molecule has 1 heterocycles. The standard InChI is InChI=1S/C11H21NOS/c1-14-9-6-10(12-7-9)11(13)8-4-2-3-5-8/h8-13H,2-7H2,1H3. The molecule has 3 atom stereocenters. The number of thioether (sulfide) groups is 1. The maximum absolute atomic E-state index is 10.2. The summed E-state index contributed by atoms with van der Waals surface area (Å²) >= 11 is 1.92. The lowest BCUT2D eigenvalue weighted by Crippen LogP contribution is -2.39. The molecule has 0 bridgehead atoms. The lowest BCUT2D eigenvalue weighted by atomic mass is 9.94. The van der Waals surface area contributed by atoms with Crippen LogP contribution in [0.4, 0.5) is 0 Å².